The predicted octanol–water partition coefficient (Wildman–Crippen LogP) is 3.02. The van der Waals surface area contributed by atoms with Crippen LogP contribution in [0.25, 0.3) is 0 Å². The van der Waals surface area contributed by atoms with Crippen molar-refractivity contribution in [1.82, 2.24) is 4.90 Å². The summed E-state index contributed by atoms with van der Waals surface area (Å²) in [5, 5.41) is 0. The van der Waals surface area contributed by atoms with Gasteiger partial charge in [-0.25, -0.2) is 0 Å². The highest BCUT2D eigenvalue weighted by atomic mass is 127. The normalized spacial score (nSPS) is 14.3. The van der Waals surface area contributed by atoms with Gasteiger partial charge in [0, 0.05) is 9.13 Å². The van der Waals surface area contributed by atoms with Crippen molar-refractivity contribution in [3.63, 3.8) is 0 Å². The largest absolute Gasteiger partial charge is 0.274 e. The van der Waals surface area contributed by atoms with E-state index in [0.29, 0.717) is 18.5 Å². The quantitative estimate of drug-likeness (QED) is 0.596. The molecule has 20 heavy (non-hydrogen) atoms. The van der Waals surface area contributed by atoms with Crippen molar-refractivity contribution in [2.24, 2.45) is 0 Å². The predicted molar refractivity (Wildman–Crippen MR) is 84.2 cm³/mol. The summed E-state index contributed by atoms with van der Waals surface area (Å²) in [5.74, 6) is -0.331. The molecule has 3 rings (SSSR count). The number of carbonyl (C=O) groups is 2. The van der Waals surface area contributed by atoms with Crippen molar-refractivity contribution >= 4 is 34.4 Å². The van der Waals surface area contributed by atoms with Crippen molar-refractivity contribution in [3.8, 4) is 0 Å². The van der Waals surface area contributed by atoms with Crippen LogP contribution in [0.1, 0.15) is 21.5 Å². The lowest BCUT2D eigenvalue weighted by Crippen LogP contribution is -2.41. The summed E-state index contributed by atoms with van der Waals surface area (Å²) in [6, 6.07) is 15.2. The van der Waals surface area contributed by atoms with Gasteiger partial charge in [0.1, 0.15) is 0 Å². The third-order valence-electron chi connectivity index (χ3n) is 3.39. The number of amides is 2. The lowest BCUT2D eigenvalue weighted by atomic mass is 9.98. The van der Waals surface area contributed by atoms with Crippen molar-refractivity contribution in [2.45, 2.75) is 13.0 Å². The number of hydrogen-bond donors (Lipinski definition) is 0. The minimum atomic E-state index is -0.199. The molecule has 100 valence electrons. The maximum Gasteiger partial charge on any atom is 0.261 e. The van der Waals surface area contributed by atoms with Gasteiger partial charge in [0.2, 0.25) is 5.91 Å². The fourth-order valence-corrected chi connectivity index (χ4v) is 2.69. The zero-order valence-electron chi connectivity index (χ0n) is 10.7. The number of fused-ring (bicyclic) bond motifs is 1. The van der Waals surface area contributed by atoms with Crippen LogP contribution in [0.5, 0.6) is 0 Å². The van der Waals surface area contributed by atoms with Gasteiger partial charge in [0.05, 0.1) is 13.0 Å². The fraction of sp³-hybridized carbons (Fsp3) is 0.125. The highest BCUT2D eigenvalue weighted by molar-refractivity contribution is 14.1. The van der Waals surface area contributed by atoms with Crippen molar-refractivity contribution in [3.05, 3.63) is 68.8 Å². The number of nitrogens with zero attached hydrogens (tertiary/aromatic N) is 1. The molecule has 3 nitrogen and oxygen atoms in total. The van der Waals surface area contributed by atoms with E-state index in [1.54, 1.807) is 6.07 Å². The Labute approximate surface area is 130 Å². The van der Waals surface area contributed by atoms with Crippen molar-refractivity contribution in [1.29, 1.82) is 0 Å². The van der Waals surface area contributed by atoms with E-state index in [0.717, 1.165) is 14.7 Å². The van der Waals surface area contributed by atoms with Crippen LogP contribution < -0.4 is 0 Å². The summed E-state index contributed by atoms with van der Waals surface area (Å²) in [7, 11) is 0. The molecular formula is C16H12INO2. The van der Waals surface area contributed by atoms with Gasteiger partial charge in [-0.2, -0.15) is 0 Å². The van der Waals surface area contributed by atoms with E-state index in [9.17, 15) is 9.59 Å². The molecular weight excluding hydrogens is 365 g/mol. The molecule has 2 aromatic rings. The third-order valence-corrected chi connectivity index (χ3v) is 4.11. The molecule has 0 unspecified atom stereocenters. The number of rotatable bonds is 2. The Kier molecular flexibility index (Phi) is 3.56. The number of hydrogen-bond acceptors (Lipinski definition) is 2. The Bertz CT molecular complexity index is 679. The van der Waals surface area contributed by atoms with E-state index in [1.165, 1.54) is 4.90 Å². The number of carbonyl (C=O) groups excluding carboxylic acids is 2. The summed E-state index contributed by atoms with van der Waals surface area (Å²) in [4.78, 5) is 25.9. The van der Waals surface area contributed by atoms with E-state index in [2.05, 4.69) is 22.6 Å². The molecule has 4 heteroatoms. The molecule has 0 aliphatic carbocycles. The summed E-state index contributed by atoms with van der Waals surface area (Å²) in [6.07, 6.45) is 0.298. The lowest BCUT2D eigenvalue weighted by molar-refractivity contribution is -0.128. The first-order valence-corrected chi connectivity index (χ1v) is 7.40. The zero-order chi connectivity index (χ0) is 14.1. The van der Waals surface area contributed by atoms with Gasteiger partial charge in [0.25, 0.3) is 5.91 Å². The first-order chi connectivity index (χ1) is 9.65. The van der Waals surface area contributed by atoms with Gasteiger partial charge in [0.15, 0.2) is 0 Å². The maximum absolute atomic E-state index is 12.4. The summed E-state index contributed by atoms with van der Waals surface area (Å²) in [6.45, 7) is 0.336. The number of benzene rings is 2. The summed E-state index contributed by atoms with van der Waals surface area (Å²) < 4.78 is 1.13. The Hall–Kier alpha value is -1.69. The Morgan fingerprint density at radius 3 is 2.45 bits per heavy atom. The standard InChI is InChI=1S/C16H12INO2/c17-13-7-5-11(6-8-13)10-18-15(19)9-12-3-1-2-4-14(12)16(18)20/h1-8H,9-10H2. The molecule has 0 atom stereocenters. The second kappa shape index (κ2) is 5.36. The molecule has 1 aliphatic rings. The molecule has 0 saturated heterocycles. The third kappa shape index (κ3) is 2.47. The van der Waals surface area contributed by atoms with Crippen LogP contribution in [-0.2, 0) is 17.8 Å². The fourth-order valence-electron chi connectivity index (χ4n) is 2.33. The summed E-state index contributed by atoms with van der Waals surface area (Å²) >= 11 is 2.23. The number of imide groups is 1. The van der Waals surface area contributed by atoms with Gasteiger partial charge in [-0.15, -0.1) is 0 Å². The first-order valence-electron chi connectivity index (χ1n) is 6.32. The smallest absolute Gasteiger partial charge is 0.261 e. The molecule has 0 N–H and O–H groups in total. The molecule has 0 spiro atoms. The monoisotopic (exact) mass is 377 g/mol. The molecule has 2 aromatic carbocycles. The average molecular weight is 377 g/mol. The molecule has 0 radical (unpaired) electrons. The minimum absolute atomic E-state index is 0.132. The SMILES string of the molecule is O=C1Cc2ccccc2C(=O)N1Cc1ccc(I)cc1. The molecule has 0 aromatic heterocycles. The van der Waals surface area contributed by atoms with E-state index in [4.69, 9.17) is 0 Å². The van der Waals surface area contributed by atoms with Crippen LogP contribution >= 0.6 is 22.6 Å². The first kappa shape index (κ1) is 13.3. The summed E-state index contributed by atoms with van der Waals surface area (Å²) in [5.41, 5.74) is 2.42. The molecule has 0 saturated carbocycles. The highest BCUT2D eigenvalue weighted by Gasteiger charge is 2.30. The van der Waals surface area contributed by atoms with E-state index < -0.39 is 0 Å². The van der Waals surface area contributed by atoms with Crippen LogP contribution in [-0.4, -0.2) is 16.7 Å². The Morgan fingerprint density at radius 1 is 1.00 bits per heavy atom. The van der Waals surface area contributed by atoms with Crippen LogP contribution in [0.2, 0.25) is 0 Å². The van der Waals surface area contributed by atoms with Crippen LogP contribution in [0.3, 0.4) is 0 Å². The van der Waals surface area contributed by atoms with Crippen molar-refractivity contribution < 1.29 is 9.59 Å². The van der Waals surface area contributed by atoms with Gasteiger partial charge >= 0.3 is 0 Å². The van der Waals surface area contributed by atoms with E-state index >= 15 is 0 Å². The molecule has 2 amide bonds. The second-order valence-electron chi connectivity index (χ2n) is 4.75. The van der Waals surface area contributed by atoms with Gasteiger partial charge < -0.3 is 0 Å². The average Bonchev–Trinajstić information content (AvgIpc) is 2.45. The van der Waals surface area contributed by atoms with Crippen LogP contribution in [0.4, 0.5) is 0 Å². The lowest BCUT2D eigenvalue weighted by Gasteiger charge is -2.26. The molecule has 0 fully saturated rings. The van der Waals surface area contributed by atoms with Gasteiger partial charge in [-0.05, 0) is 51.9 Å². The molecule has 1 heterocycles. The minimum Gasteiger partial charge on any atom is -0.274 e. The molecule has 1 aliphatic heterocycles. The topological polar surface area (TPSA) is 37.4 Å². The Morgan fingerprint density at radius 2 is 1.70 bits per heavy atom. The second-order valence-corrected chi connectivity index (χ2v) is 5.99. The Balaban J connectivity index is 1.89. The zero-order valence-corrected chi connectivity index (χ0v) is 12.8. The van der Waals surface area contributed by atoms with Crippen LogP contribution in [0.15, 0.2) is 48.5 Å². The highest BCUT2D eigenvalue weighted by Crippen LogP contribution is 2.21. The van der Waals surface area contributed by atoms with E-state index in [1.807, 2.05) is 42.5 Å². The van der Waals surface area contributed by atoms with Gasteiger partial charge in [-0.3, -0.25) is 14.5 Å². The number of halogens is 1. The molecule has 0 bridgehead atoms. The maximum atomic E-state index is 12.4. The van der Waals surface area contributed by atoms with Crippen molar-refractivity contribution in [2.75, 3.05) is 0 Å². The van der Waals surface area contributed by atoms with Crippen LogP contribution in [0, 0.1) is 3.57 Å². The van der Waals surface area contributed by atoms with E-state index in [-0.39, 0.29) is 11.8 Å². The van der Waals surface area contributed by atoms with Gasteiger partial charge in [-0.1, -0.05) is 30.3 Å².